The average Bonchev–Trinajstić information content (AvgIpc) is 2.60. The molecule has 1 aromatic carbocycles. The lowest BCUT2D eigenvalue weighted by atomic mass is 9.65. The van der Waals surface area contributed by atoms with E-state index in [0.717, 1.165) is 35.3 Å². The zero-order valence-corrected chi connectivity index (χ0v) is 15.3. The van der Waals surface area contributed by atoms with Crippen LogP contribution in [0.3, 0.4) is 0 Å². The topological polar surface area (TPSA) is 55.8 Å². The molecule has 0 spiro atoms. The second-order valence-electron chi connectivity index (χ2n) is 7.28. The standard InChI is InChI=1S/C21H26O4/c1-13-10-11-17-18(25-13)14(2)15(3)19(21(17,4)20(22)23)24-12-16-8-6-5-7-9-16/h5-9,13,17H,10-12H2,1-4H3,(H,22,23). The van der Waals surface area contributed by atoms with E-state index >= 15 is 0 Å². The summed E-state index contributed by atoms with van der Waals surface area (Å²) in [6.07, 6.45) is 1.77. The van der Waals surface area contributed by atoms with Crippen molar-refractivity contribution in [2.75, 3.05) is 0 Å². The molecule has 3 atom stereocenters. The van der Waals surface area contributed by atoms with Crippen molar-refractivity contribution in [3.63, 3.8) is 0 Å². The minimum absolute atomic E-state index is 0.124. The second-order valence-corrected chi connectivity index (χ2v) is 7.28. The van der Waals surface area contributed by atoms with E-state index in [-0.39, 0.29) is 12.0 Å². The number of hydrogen-bond acceptors (Lipinski definition) is 3. The van der Waals surface area contributed by atoms with E-state index in [9.17, 15) is 9.90 Å². The molecule has 4 heteroatoms. The molecule has 1 aliphatic heterocycles. The Bertz CT molecular complexity index is 732. The van der Waals surface area contributed by atoms with Crippen molar-refractivity contribution in [2.45, 2.75) is 53.2 Å². The summed E-state index contributed by atoms with van der Waals surface area (Å²) < 4.78 is 12.2. The van der Waals surface area contributed by atoms with Crippen molar-refractivity contribution < 1.29 is 19.4 Å². The number of carbonyl (C=O) groups is 1. The van der Waals surface area contributed by atoms with Gasteiger partial charge in [-0.3, -0.25) is 4.79 Å². The van der Waals surface area contributed by atoms with Crippen LogP contribution < -0.4 is 0 Å². The van der Waals surface area contributed by atoms with Gasteiger partial charge in [-0.15, -0.1) is 0 Å². The van der Waals surface area contributed by atoms with E-state index in [1.807, 2.05) is 51.1 Å². The molecule has 4 nitrogen and oxygen atoms in total. The quantitative estimate of drug-likeness (QED) is 0.864. The zero-order chi connectivity index (χ0) is 18.2. The highest BCUT2D eigenvalue weighted by Gasteiger charge is 2.53. The van der Waals surface area contributed by atoms with E-state index in [2.05, 4.69) is 0 Å². The number of benzene rings is 1. The molecule has 0 radical (unpaired) electrons. The van der Waals surface area contributed by atoms with E-state index in [4.69, 9.17) is 9.47 Å². The second kappa shape index (κ2) is 6.58. The Kier molecular flexibility index (Phi) is 4.63. The van der Waals surface area contributed by atoms with Gasteiger partial charge >= 0.3 is 5.97 Å². The molecule has 1 heterocycles. The highest BCUT2D eigenvalue weighted by Crippen LogP contribution is 2.52. The largest absolute Gasteiger partial charge is 0.494 e. The van der Waals surface area contributed by atoms with Crippen LogP contribution in [0.4, 0.5) is 0 Å². The van der Waals surface area contributed by atoms with Gasteiger partial charge in [-0.05, 0) is 57.2 Å². The van der Waals surface area contributed by atoms with E-state index < -0.39 is 11.4 Å². The van der Waals surface area contributed by atoms with Crippen LogP contribution in [-0.4, -0.2) is 17.2 Å². The summed E-state index contributed by atoms with van der Waals surface area (Å²) in [5.74, 6) is 0.347. The normalized spacial score (nSPS) is 29.1. The van der Waals surface area contributed by atoms with Gasteiger partial charge in [0.25, 0.3) is 0 Å². The van der Waals surface area contributed by atoms with Crippen molar-refractivity contribution in [3.8, 4) is 0 Å². The Morgan fingerprint density at radius 1 is 1.24 bits per heavy atom. The predicted molar refractivity (Wildman–Crippen MR) is 95.6 cm³/mol. The van der Waals surface area contributed by atoms with Crippen LogP contribution in [0.2, 0.25) is 0 Å². The van der Waals surface area contributed by atoms with E-state index in [1.165, 1.54) is 0 Å². The summed E-state index contributed by atoms with van der Waals surface area (Å²) in [4.78, 5) is 12.3. The molecule has 1 fully saturated rings. The Morgan fingerprint density at radius 2 is 1.92 bits per heavy atom. The van der Waals surface area contributed by atoms with Gasteiger partial charge < -0.3 is 14.6 Å². The monoisotopic (exact) mass is 342 g/mol. The van der Waals surface area contributed by atoms with Crippen molar-refractivity contribution in [1.29, 1.82) is 0 Å². The van der Waals surface area contributed by atoms with Gasteiger partial charge in [0.05, 0.1) is 6.10 Å². The summed E-state index contributed by atoms with van der Waals surface area (Å²) in [6.45, 7) is 8.11. The van der Waals surface area contributed by atoms with Crippen molar-refractivity contribution in [3.05, 3.63) is 58.6 Å². The van der Waals surface area contributed by atoms with Gasteiger partial charge in [-0.2, -0.15) is 0 Å². The molecule has 1 N–H and O–H groups in total. The van der Waals surface area contributed by atoms with E-state index in [1.54, 1.807) is 6.92 Å². The molecule has 134 valence electrons. The Hall–Kier alpha value is -2.23. The van der Waals surface area contributed by atoms with Crippen LogP contribution in [0.15, 0.2) is 53.0 Å². The van der Waals surface area contributed by atoms with Crippen LogP contribution >= 0.6 is 0 Å². The van der Waals surface area contributed by atoms with Gasteiger partial charge in [0.1, 0.15) is 23.5 Å². The summed E-state index contributed by atoms with van der Waals surface area (Å²) in [6, 6.07) is 9.83. The van der Waals surface area contributed by atoms with Gasteiger partial charge in [0, 0.05) is 5.92 Å². The lowest BCUT2D eigenvalue weighted by Gasteiger charge is -2.45. The van der Waals surface area contributed by atoms with E-state index in [0.29, 0.717) is 12.4 Å². The van der Waals surface area contributed by atoms with Crippen LogP contribution in [0.25, 0.3) is 0 Å². The third-order valence-corrected chi connectivity index (χ3v) is 5.62. The third kappa shape index (κ3) is 2.94. The molecule has 25 heavy (non-hydrogen) atoms. The highest BCUT2D eigenvalue weighted by molar-refractivity contribution is 5.80. The van der Waals surface area contributed by atoms with Crippen LogP contribution in [0, 0.1) is 11.3 Å². The van der Waals surface area contributed by atoms with Crippen molar-refractivity contribution in [2.24, 2.45) is 11.3 Å². The molecule has 1 aromatic rings. The zero-order valence-electron chi connectivity index (χ0n) is 15.3. The third-order valence-electron chi connectivity index (χ3n) is 5.62. The molecule has 0 saturated carbocycles. The number of allylic oxidation sites excluding steroid dienone is 3. The number of hydrogen-bond donors (Lipinski definition) is 1. The molecular formula is C21H26O4. The molecule has 0 bridgehead atoms. The summed E-state index contributed by atoms with van der Waals surface area (Å²) in [5.41, 5.74) is 1.81. The number of aliphatic carboxylic acids is 1. The fourth-order valence-electron chi connectivity index (χ4n) is 3.93. The van der Waals surface area contributed by atoms with Gasteiger partial charge in [0.15, 0.2) is 0 Å². The van der Waals surface area contributed by atoms with Crippen molar-refractivity contribution >= 4 is 5.97 Å². The maximum atomic E-state index is 12.3. The first-order valence-corrected chi connectivity index (χ1v) is 8.85. The molecule has 0 aromatic heterocycles. The SMILES string of the molecule is CC1=C2OC(C)CCC2C(C)(C(=O)O)C(OCc2ccccc2)=C1C. The number of rotatable bonds is 4. The number of ether oxygens (including phenoxy) is 2. The molecule has 3 rings (SSSR count). The van der Waals surface area contributed by atoms with Gasteiger partial charge in [-0.1, -0.05) is 30.3 Å². The summed E-state index contributed by atoms with van der Waals surface area (Å²) >= 11 is 0. The number of carboxylic acid groups (broad SMARTS) is 1. The number of carboxylic acids is 1. The predicted octanol–water partition coefficient (Wildman–Crippen LogP) is 4.67. The maximum absolute atomic E-state index is 12.3. The Labute approximate surface area is 149 Å². The number of fused-ring (bicyclic) bond motifs is 1. The molecule has 0 amide bonds. The maximum Gasteiger partial charge on any atom is 0.317 e. The Balaban J connectivity index is 2.01. The molecule has 2 aliphatic rings. The van der Waals surface area contributed by atoms with Crippen LogP contribution in [0.1, 0.15) is 46.1 Å². The first kappa shape index (κ1) is 17.6. The average molecular weight is 342 g/mol. The fourth-order valence-corrected chi connectivity index (χ4v) is 3.93. The van der Waals surface area contributed by atoms with Crippen LogP contribution in [-0.2, 0) is 20.9 Å². The molecule has 3 unspecified atom stereocenters. The minimum Gasteiger partial charge on any atom is -0.494 e. The lowest BCUT2D eigenvalue weighted by molar-refractivity contribution is -0.154. The summed E-state index contributed by atoms with van der Waals surface area (Å²) in [7, 11) is 0. The van der Waals surface area contributed by atoms with Crippen molar-refractivity contribution in [1.82, 2.24) is 0 Å². The Morgan fingerprint density at radius 3 is 2.56 bits per heavy atom. The molecule has 1 aliphatic carbocycles. The minimum atomic E-state index is -1.10. The smallest absolute Gasteiger partial charge is 0.317 e. The summed E-state index contributed by atoms with van der Waals surface area (Å²) in [5, 5.41) is 10.1. The van der Waals surface area contributed by atoms with Gasteiger partial charge in [-0.25, -0.2) is 0 Å². The highest BCUT2D eigenvalue weighted by atomic mass is 16.5. The van der Waals surface area contributed by atoms with Gasteiger partial charge in [0.2, 0.25) is 0 Å². The first-order chi connectivity index (χ1) is 11.9. The molecular weight excluding hydrogens is 316 g/mol. The fraction of sp³-hybridized carbons (Fsp3) is 0.476. The first-order valence-electron chi connectivity index (χ1n) is 8.85. The lowest BCUT2D eigenvalue weighted by Crippen LogP contribution is -2.45. The van der Waals surface area contributed by atoms with Crippen LogP contribution in [0.5, 0.6) is 0 Å². The molecule has 1 saturated heterocycles.